The van der Waals surface area contributed by atoms with Crippen LogP contribution in [0.2, 0.25) is 0 Å². The molecule has 6 nitrogen and oxygen atoms in total. The molecule has 0 spiro atoms. The van der Waals surface area contributed by atoms with Crippen LogP contribution >= 0.6 is 0 Å². The van der Waals surface area contributed by atoms with Crippen LogP contribution in [0.15, 0.2) is 46.4 Å². The third-order valence-corrected chi connectivity index (χ3v) is 4.71. The number of nitrogens with zero attached hydrogens (tertiary/aromatic N) is 3. The van der Waals surface area contributed by atoms with Gasteiger partial charge in [-0.25, -0.2) is 13.2 Å². The molecule has 0 bridgehead atoms. The number of rotatable bonds is 3. The number of sulfone groups is 1. The lowest BCUT2D eigenvalue weighted by Crippen LogP contribution is -2.51. The van der Waals surface area contributed by atoms with Gasteiger partial charge in [-0.15, -0.1) is 0 Å². The minimum atomic E-state index is -3.45. The number of fused-ring (bicyclic) bond motifs is 1. The highest BCUT2D eigenvalue weighted by Gasteiger charge is 2.36. The number of hydrogen-bond donors (Lipinski definition) is 0. The summed E-state index contributed by atoms with van der Waals surface area (Å²) >= 11 is 0. The number of carbonyl (C=O) groups excluding carboxylic acids is 1. The number of hydrogen-bond acceptors (Lipinski definition) is 4. The maximum absolute atomic E-state index is 12.6. The zero-order valence-corrected chi connectivity index (χ0v) is 13.1. The molecule has 0 atom stereocenters. The highest BCUT2D eigenvalue weighted by molar-refractivity contribution is 7.95. The van der Waals surface area contributed by atoms with Crippen LogP contribution in [0.1, 0.15) is 12.0 Å². The van der Waals surface area contributed by atoms with Crippen molar-refractivity contribution in [1.82, 2.24) is 9.80 Å². The van der Waals surface area contributed by atoms with Crippen molar-refractivity contribution in [2.45, 2.75) is 13.0 Å². The molecule has 2 amide bonds. The lowest BCUT2D eigenvalue weighted by atomic mass is 10.2. The standard InChI is InChI=1S/C15H17N3O3S/c1-22(20,21)13-11-17(10-12-6-3-2-4-7-12)15(19)18-9-5-8-16-14(13)18/h2-4,6-7,11H,5,8-10H2,1H3. The van der Waals surface area contributed by atoms with Gasteiger partial charge in [0.2, 0.25) is 0 Å². The van der Waals surface area contributed by atoms with Gasteiger partial charge in [-0.1, -0.05) is 30.3 Å². The van der Waals surface area contributed by atoms with Crippen LogP contribution in [-0.2, 0) is 16.4 Å². The van der Waals surface area contributed by atoms with Crippen molar-refractivity contribution in [2.75, 3.05) is 19.3 Å². The molecule has 0 unspecified atom stereocenters. The number of benzene rings is 1. The largest absolute Gasteiger partial charge is 0.330 e. The molecule has 0 fully saturated rings. The molecule has 2 heterocycles. The molecule has 1 aromatic rings. The monoisotopic (exact) mass is 319 g/mol. The number of urea groups is 1. The van der Waals surface area contributed by atoms with Gasteiger partial charge in [0.1, 0.15) is 4.91 Å². The number of amidine groups is 1. The number of amides is 2. The molecule has 2 aliphatic rings. The van der Waals surface area contributed by atoms with E-state index in [2.05, 4.69) is 4.99 Å². The lowest BCUT2D eigenvalue weighted by molar-refractivity contribution is 0.186. The van der Waals surface area contributed by atoms with E-state index in [0.29, 0.717) is 19.6 Å². The lowest BCUT2D eigenvalue weighted by Gasteiger charge is -2.36. The molecule has 7 heteroatoms. The predicted molar refractivity (Wildman–Crippen MR) is 83.9 cm³/mol. The molecule has 0 N–H and O–H groups in total. The van der Waals surface area contributed by atoms with Crippen molar-refractivity contribution in [3.8, 4) is 0 Å². The van der Waals surface area contributed by atoms with E-state index in [-0.39, 0.29) is 16.8 Å². The summed E-state index contributed by atoms with van der Waals surface area (Å²) < 4.78 is 24.1. The minimum absolute atomic E-state index is 0.114. The molecule has 0 aliphatic carbocycles. The summed E-state index contributed by atoms with van der Waals surface area (Å²) in [6.07, 6.45) is 3.29. The molecule has 2 aliphatic heterocycles. The molecule has 0 aromatic heterocycles. The Kier molecular flexibility index (Phi) is 3.74. The number of carbonyl (C=O) groups is 1. The van der Waals surface area contributed by atoms with Crippen molar-refractivity contribution < 1.29 is 13.2 Å². The van der Waals surface area contributed by atoms with Crippen LogP contribution in [-0.4, -0.2) is 49.4 Å². The van der Waals surface area contributed by atoms with E-state index in [1.54, 1.807) is 0 Å². The highest BCUT2D eigenvalue weighted by Crippen LogP contribution is 2.24. The molecule has 22 heavy (non-hydrogen) atoms. The van der Waals surface area contributed by atoms with Crippen LogP contribution in [0.4, 0.5) is 4.79 Å². The van der Waals surface area contributed by atoms with Gasteiger partial charge in [-0.2, -0.15) is 0 Å². The fraction of sp³-hybridized carbons (Fsp3) is 0.333. The van der Waals surface area contributed by atoms with Gasteiger partial charge in [0, 0.05) is 25.5 Å². The topological polar surface area (TPSA) is 70.1 Å². The first kappa shape index (κ1) is 14.8. The molecule has 116 valence electrons. The molecule has 3 rings (SSSR count). The van der Waals surface area contributed by atoms with Crippen molar-refractivity contribution in [3.05, 3.63) is 47.0 Å². The van der Waals surface area contributed by atoms with Gasteiger partial charge in [-0.3, -0.25) is 14.8 Å². The van der Waals surface area contributed by atoms with Gasteiger partial charge >= 0.3 is 6.03 Å². The second kappa shape index (κ2) is 5.57. The van der Waals surface area contributed by atoms with Crippen molar-refractivity contribution >= 4 is 21.7 Å². The number of aliphatic imine (C=N–C) groups is 1. The second-order valence-corrected chi connectivity index (χ2v) is 7.36. The van der Waals surface area contributed by atoms with Crippen LogP contribution in [0.5, 0.6) is 0 Å². The summed E-state index contributed by atoms with van der Waals surface area (Å²) in [5.74, 6) is 0.281. The van der Waals surface area contributed by atoms with E-state index in [9.17, 15) is 13.2 Å². The molecule has 0 saturated heterocycles. The first-order valence-electron chi connectivity index (χ1n) is 7.05. The molecule has 0 radical (unpaired) electrons. The van der Waals surface area contributed by atoms with Gasteiger partial charge in [0.25, 0.3) is 0 Å². The Morgan fingerprint density at radius 1 is 1.23 bits per heavy atom. The molecule has 1 aromatic carbocycles. The minimum Gasteiger partial charge on any atom is -0.295 e. The quantitative estimate of drug-likeness (QED) is 0.850. The molecular formula is C15H17N3O3S. The van der Waals surface area contributed by atoms with E-state index in [1.165, 1.54) is 16.0 Å². The zero-order valence-electron chi connectivity index (χ0n) is 12.3. The first-order valence-corrected chi connectivity index (χ1v) is 8.95. The summed E-state index contributed by atoms with van der Waals surface area (Å²) in [5, 5.41) is 0. The Balaban J connectivity index is 2.01. The predicted octanol–water partition coefficient (Wildman–Crippen LogP) is 1.61. The SMILES string of the molecule is CS(=O)(=O)C1=CN(Cc2ccccc2)C(=O)N2CCCN=C12. The second-order valence-electron chi connectivity index (χ2n) is 5.37. The Morgan fingerprint density at radius 2 is 1.95 bits per heavy atom. The highest BCUT2D eigenvalue weighted by atomic mass is 32.2. The summed E-state index contributed by atoms with van der Waals surface area (Å²) in [4.78, 5) is 19.8. The Hall–Kier alpha value is -2.15. The average Bonchev–Trinajstić information content (AvgIpc) is 2.50. The van der Waals surface area contributed by atoms with Crippen molar-refractivity contribution in [2.24, 2.45) is 4.99 Å². The van der Waals surface area contributed by atoms with Gasteiger partial charge in [0.15, 0.2) is 15.7 Å². The summed E-state index contributed by atoms with van der Waals surface area (Å²) in [6.45, 7) is 1.38. The van der Waals surface area contributed by atoms with Crippen molar-refractivity contribution in [1.29, 1.82) is 0 Å². The summed E-state index contributed by atoms with van der Waals surface area (Å²) in [6, 6.07) is 9.25. The van der Waals surface area contributed by atoms with Crippen LogP contribution in [0.3, 0.4) is 0 Å². The molecular weight excluding hydrogens is 302 g/mol. The van der Waals surface area contributed by atoms with E-state index in [1.807, 2.05) is 30.3 Å². The van der Waals surface area contributed by atoms with E-state index >= 15 is 0 Å². The fourth-order valence-electron chi connectivity index (χ4n) is 2.57. The van der Waals surface area contributed by atoms with Gasteiger partial charge < -0.3 is 0 Å². The maximum atomic E-state index is 12.6. The zero-order chi connectivity index (χ0) is 15.7. The van der Waals surface area contributed by atoms with E-state index in [4.69, 9.17) is 0 Å². The van der Waals surface area contributed by atoms with E-state index in [0.717, 1.165) is 18.2 Å². The molecule has 0 saturated carbocycles. The Bertz CT molecular complexity index is 753. The Labute approximate surface area is 129 Å². The van der Waals surface area contributed by atoms with Crippen molar-refractivity contribution in [3.63, 3.8) is 0 Å². The third kappa shape index (κ3) is 2.76. The van der Waals surface area contributed by atoms with Crippen LogP contribution in [0, 0.1) is 0 Å². The fourth-order valence-corrected chi connectivity index (χ4v) is 3.39. The summed E-state index contributed by atoms with van der Waals surface area (Å²) in [7, 11) is -3.45. The van der Waals surface area contributed by atoms with E-state index < -0.39 is 9.84 Å². The van der Waals surface area contributed by atoms with Gasteiger partial charge in [0.05, 0.1) is 6.54 Å². The summed E-state index contributed by atoms with van der Waals surface area (Å²) in [5.41, 5.74) is 0.942. The first-order chi connectivity index (χ1) is 10.5. The average molecular weight is 319 g/mol. The van der Waals surface area contributed by atoms with Gasteiger partial charge in [-0.05, 0) is 12.0 Å². The maximum Gasteiger partial charge on any atom is 0.330 e. The van der Waals surface area contributed by atoms with Crippen LogP contribution in [0.25, 0.3) is 0 Å². The Morgan fingerprint density at radius 3 is 2.64 bits per heavy atom. The normalized spacial score (nSPS) is 18.7. The third-order valence-electron chi connectivity index (χ3n) is 3.62. The smallest absolute Gasteiger partial charge is 0.295 e. The van der Waals surface area contributed by atoms with Crippen LogP contribution < -0.4 is 0 Å².